The smallest absolute Gasteiger partial charge is 0.243 e. The second-order valence-electron chi connectivity index (χ2n) is 14.7. The topological polar surface area (TPSA) is 139 Å². The lowest BCUT2D eigenvalue weighted by Crippen LogP contribution is -2.56. The van der Waals surface area contributed by atoms with Crippen molar-refractivity contribution in [1.82, 2.24) is 19.8 Å². The van der Waals surface area contributed by atoms with Gasteiger partial charge in [0.1, 0.15) is 12.1 Å². The van der Waals surface area contributed by atoms with E-state index in [1.165, 1.54) is 11.4 Å². The molecule has 0 saturated heterocycles. The van der Waals surface area contributed by atoms with Crippen LogP contribution in [0.4, 0.5) is 0 Å². The predicted molar refractivity (Wildman–Crippen MR) is 203 cm³/mol. The minimum Gasteiger partial charge on any atom is -0.390 e. The molecule has 0 aliphatic heterocycles. The lowest BCUT2D eigenvalue weighted by atomic mass is 9.82. The van der Waals surface area contributed by atoms with E-state index in [9.17, 15) is 28.2 Å². The van der Waals surface area contributed by atoms with Crippen LogP contribution in [0.1, 0.15) is 76.3 Å². The summed E-state index contributed by atoms with van der Waals surface area (Å²) in [6, 6.07) is 17.2. The van der Waals surface area contributed by atoms with Gasteiger partial charge in [0.05, 0.1) is 23.8 Å². The number of sulfonamides is 1. The zero-order valence-electron chi connectivity index (χ0n) is 30.9. The largest absolute Gasteiger partial charge is 0.390 e. The molecule has 0 heterocycles. The van der Waals surface area contributed by atoms with Crippen molar-refractivity contribution in [2.24, 2.45) is 17.8 Å². The molecular formula is C40H60N4O6S. The minimum atomic E-state index is -3.88. The van der Waals surface area contributed by atoms with E-state index < -0.39 is 57.8 Å². The van der Waals surface area contributed by atoms with Gasteiger partial charge in [-0.3, -0.25) is 9.59 Å². The third kappa shape index (κ3) is 14.7. The van der Waals surface area contributed by atoms with Crippen molar-refractivity contribution in [3.8, 4) is 12.3 Å². The van der Waals surface area contributed by atoms with Crippen molar-refractivity contribution in [3.05, 3.63) is 71.8 Å². The molecule has 1 fully saturated rings. The van der Waals surface area contributed by atoms with E-state index in [0.29, 0.717) is 31.8 Å². The lowest BCUT2D eigenvalue weighted by Gasteiger charge is -2.33. The molecule has 1 saturated carbocycles. The molecule has 0 spiro atoms. The molecule has 1 aliphatic carbocycles. The average molecular weight is 725 g/mol. The van der Waals surface area contributed by atoms with Crippen LogP contribution in [-0.2, 0) is 32.6 Å². The molecule has 51 heavy (non-hydrogen) atoms. The number of hydrogen-bond donors (Lipinski definition) is 4. The van der Waals surface area contributed by atoms with E-state index in [1.54, 1.807) is 0 Å². The summed E-state index contributed by atoms with van der Waals surface area (Å²) in [4.78, 5) is 29.8. The zero-order valence-corrected chi connectivity index (χ0v) is 31.7. The van der Waals surface area contributed by atoms with Gasteiger partial charge in [-0.15, -0.1) is 12.3 Å². The Hall–Kier alpha value is -3.27. The van der Waals surface area contributed by atoms with E-state index in [0.717, 1.165) is 43.2 Å². The van der Waals surface area contributed by atoms with Crippen molar-refractivity contribution in [1.29, 1.82) is 0 Å². The first-order chi connectivity index (χ1) is 24.3. The van der Waals surface area contributed by atoms with Crippen LogP contribution < -0.4 is 10.6 Å². The van der Waals surface area contributed by atoms with Gasteiger partial charge in [0.2, 0.25) is 21.8 Å². The van der Waals surface area contributed by atoms with E-state index in [1.807, 2.05) is 86.5 Å². The van der Waals surface area contributed by atoms with Crippen LogP contribution >= 0.6 is 0 Å². The molecular weight excluding hydrogens is 665 g/mol. The molecule has 0 bridgehead atoms. The number of nitrogens with one attached hydrogen (secondary N) is 2. The summed E-state index contributed by atoms with van der Waals surface area (Å²) in [6.07, 6.45) is 9.60. The van der Waals surface area contributed by atoms with Crippen LogP contribution in [0.15, 0.2) is 60.7 Å². The Bertz CT molecular complexity index is 1480. The average Bonchev–Trinajstić information content (AvgIpc) is 3.10. The van der Waals surface area contributed by atoms with E-state index in [4.69, 9.17) is 6.42 Å². The summed E-state index contributed by atoms with van der Waals surface area (Å²) >= 11 is 0. The van der Waals surface area contributed by atoms with Crippen LogP contribution in [0, 0.1) is 30.1 Å². The third-order valence-corrected chi connectivity index (χ3v) is 11.7. The van der Waals surface area contributed by atoms with Crippen molar-refractivity contribution < 1.29 is 28.2 Å². The zero-order chi connectivity index (χ0) is 37.4. The highest BCUT2D eigenvalue weighted by Gasteiger charge is 2.35. The molecule has 282 valence electrons. The highest BCUT2D eigenvalue weighted by Crippen LogP contribution is 2.29. The van der Waals surface area contributed by atoms with Crippen LogP contribution in [0.25, 0.3) is 0 Å². The Kier molecular flexibility index (Phi) is 17.6. The lowest BCUT2D eigenvalue weighted by molar-refractivity contribution is -0.132. The Balaban J connectivity index is 1.75. The van der Waals surface area contributed by atoms with Gasteiger partial charge >= 0.3 is 0 Å². The standard InChI is InChI=1S/C40H60N4O6S/c1-6-16-35(40(48)42-36(27-32-19-12-8-13-20-32)38(46)37(45)25-30(2)3)41-39(47)34(26-31-17-10-7-11-18-31)29-51(49,50)44(5)24-23-43(4)28-33-21-14-9-15-22-33/h1,7,9-11,14-15,17-18,21-22,30,32,34-38,45-46H,8,12-13,16,19-20,23-29H2,2-5H3,(H,41,47)(H,42,48)/t34?,35-,36-,37-,38+/m0/s1. The van der Waals surface area contributed by atoms with Crippen LogP contribution in [0.5, 0.6) is 0 Å². The summed E-state index contributed by atoms with van der Waals surface area (Å²) in [7, 11) is -0.436. The highest BCUT2D eigenvalue weighted by atomic mass is 32.2. The Morgan fingerprint density at radius 2 is 1.51 bits per heavy atom. The maximum absolute atomic E-state index is 13.9. The molecule has 2 aromatic carbocycles. The highest BCUT2D eigenvalue weighted by molar-refractivity contribution is 7.89. The fourth-order valence-electron chi connectivity index (χ4n) is 6.79. The summed E-state index contributed by atoms with van der Waals surface area (Å²) in [5.74, 6) is 0.264. The fourth-order valence-corrected chi connectivity index (χ4v) is 8.18. The van der Waals surface area contributed by atoms with Crippen molar-refractivity contribution in [3.63, 3.8) is 0 Å². The second kappa shape index (κ2) is 21.3. The molecule has 10 nitrogen and oxygen atoms in total. The van der Waals surface area contributed by atoms with Gasteiger partial charge in [-0.2, -0.15) is 0 Å². The molecule has 1 aliphatic rings. The van der Waals surface area contributed by atoms with Gasteiger partial charge in [-0.05, 0) is 49.3 Å². The van der Waals surface area contributed by atoms with Gasteiger partial charge in [-0.25, -0.2) is 12.7 Å². The van der Waals surface area contributed by atoms with Crippen LogP contribution in [-0.4, -0.2) is 96.9 Å². The van der Waals surface area contributed by atoms with Crippen LogP contribution in [0.2, 0.25) is 0 Å². The van der Waals surface area contributed by atoms with Crippen molar-refractivity contribution >= 4 is 21.8 Å². The number of benzene rings is 2. The summed E-state index contributed by atoms with van der Waals surface area (Å²) in [5, 5.41) is 27.7. The first kappa shape index (κ1) is 42.1. The predicted octanol–water partition coefficient (Wildman–Crippen LogP) is 3.97. The first-order valence-corrected chi connectivity index (χ1v) is 20.0. The fraction of sp³-hybridized carbons (Fsp3) is 0.600. The van der Waals surface area contributed by atoms with Crippen molar-refractivity contribution in [2.75, 3.05) is 32.9 Å². The molecule has 0 aromatic heterocycles. The molecule has 5 atom stereocenters. The molecule has 2 amide bonds. The normalized spacial score (nSPS) is 17.0. The molecule has 11 heteroatoms. The first-order valence-electron chi connectivity index (χ1n) is 18.4. The number of amides is 2. The Morgan fingerprint density at radius 1 is 0.902 bits per heavy atom. The number of nitrogens with zero attached hydrogens (tertiary/aromatic N) is 2. The molecule has 2 aromatic rings. The summed E-state index contributed by atoms with van der Waals surface area (Å²) < 4.78 is 28.6. The van der Waals surface area contributed by atoms with Gasteiger partial charge in [0.25, 0.3) is 0 Å². The number of terminal acetylenes is 1. The number of aliphatic hydroxyl groups is 2. The molecule has 0 radical (unpaired) electrons. The molecule has 1 unspecified atom stereocenters. The number of likely N-dealkylation sites (N-methyl/N-ethyl adjacent to an activating group) is 2. The summed E-state index contributed by atoms with van der Waals surface area (Å²) in [5.41, 5.74) is 1.91. The van der Waals surface area contributed by atoms with Crippen molar-refractivity contribution in [2.45, 2.75) is 102 Å². The van der Waals surface area contributed by atoms with Gasteiger partial charge in [0, 0.05) is 33.1 Å². The monoisotopic (exact) mass is 724 g/mol. The molecule has 4 N–H and O–H groups in total. The number of hydrogen-bond acceptors (Lipinski definition) is 7. The third-order valence-electron chi connectivity index (χ3n) is 9.79. The maximum Gasteiger partial charge on any atom is 0.243 e. The minimum absolute atomic E-state index is 0.128. The quantitative estimate of drug-likeness (QED) is 0.143. The second-order valence-corrected chi connectivity index (χ2v) is 16.8. The number of carbonyl (C=O) groups excluding carboxylic acids is 2. The Labute approximate surface area is 306 Å². The van der Waals surface area contributed by atoms with E-state index in [-0.39, 0.29) is 25.3 Å². The van der Waals surface area contributed by atoms with E-state index in [2.05, 4.69) is 16.6 Å². The number of rotatable bonds is 21. The number of aliphatic hydroxyl groups excluding tert-OH is 2. The van der Waals surface area contributed by atoms with Gasteiger partial charge in [-0.1, -0.05) is 107 Å². The van der Waals surface area contributed by atoms with Crippen LogP contribution in [0.3, 0.4) is 0 Å². The van der Waals surface area contributed by atoms with E-state index >= 15 is 0 Å². The number of carbonyl (C=O) groups is 2. The SMILES string of the molecule is C#CC[C@H](NC(=O)C(Cc1ccccc1)CS(=O)(=O)N(C)CCN(C)Cc1ccccc1)C(=O)N[C@@H](CC1CCCCC1)[C@@H](O)[C@@H](O)CC(C)C. The summed E-state index contributed by atoms with van der Waals surface area (Å²) in [6.45, 7) is 5.31. The maximum atomic E-state index is 13.9. The van der Waals surface area contributed by atoms with Gasteiger partial charge < -0.3 is 25.7 Å². The molecule has 3 rings (SSSR count). The Morgan fingerprint density at radius 3 is 2.10 bits per heavy atom. The van der Waals surface area contributed by atoms with Gasteiger partial charge in [0.15, 0.2) is 0 Å².